The number of rotatable bonds is 5. The number of unbranched alkanes of at least 4 members (excludes halogenated alkanes) is 1. The fraction of sp³-hybridized carbons (Fsp3) is 0.200. The number of amides is 1. The standard InChI is InChI=1S/C20H16Cl2N4OS/c1-2-3-10-26-16-7-5-4-6-14(16)17(19(26)27)23-20-25-24-18(28-20)13-9-8-12(21)11-15(13)22/h4-9,11H,2-3,10H2,1H3/b23-17+. The summed E-state index contributed by atoms with van der Waals surface area (Å²) in [5.74, 6) is -0.101. The van der Waals surface area contributed by atoms with Gasteiger partial charge in [0, 0.05) is 22.7 Å². The van der Waals surface area contributed by atoms with Crippen LogP contribution in [0.4, 0.5) is 10.8 Å². The van der Waals surface area contributed by atoms with Crippen molar-refractivity contribution in [3.8, 4) is 10.6 Å². The Balaban J connectivity index is 1.69. The maximum atomic E-state index is 13.0. The Labute approximate surface area is 176 Å². The highest BCUT2D eigenvalue weighted by atomic mass is 35.5. The number of aromatic nitrogens is 2. The molecule has 2 aromatic carbocycles. The first kappa shape index (κ1) is 19.1. The lowest BCUT2D eigenvalue weighted by atomic mass is 10.1. The lowest BCUT2D eigenvalue weighted by Gasteiger charge is -2.15. The second kappa shape index (κ2) is 7.99. The molecular weight excluding hydrogens is 415 g/mol. The molecule has 1 amide bonds. The van der Waals surface area contributed by atoms with E-state index in [4.69, 9.17) is 23.2 Å². The molecule has 1 aliphatic heterocycles. The molecule has 0 atom stereocenters. The Kier molecular flexibility index (Phi) is 5.44. The molecule has 0 saturated heterocycles. The van der Waals surface area contributed by atoms with Gasteiger partial charge in [0.05, 0.1) is 10.7 Å². The van der Waals surface area contributed by atoms with E-state index >= 15 is 0 Å². The van der Waals surface area contributed by atoms with Crippen molar-refractivity contribution in [2.45, 2.75) is 19.8 Å². The Morgan fingerprint density at radius 1 is 1.11 bits per heavy atom. The molecule has 28 heavy (non-hydrogen) atoms. The van der Waals surface area contributed by atoms with Crippen LogP contribution in [0.2, 0.25) is 10.0 Å². The van der Waals surface area contributed by atoms with Crippen LogP contribution in [0.5, 0.6) is 0 Å². The third-order valence-corrected chi connectivity index (χ3v) is 5.81. The van der Waals surface area contributed by atoms with Gasteiger partial charge in [0.2, 0.25) is 5.13 Å². The number of fused-ring (bicyclic) bond motifs is 1. The number of hydrogen-bond donors (Lipinski definition) is 0. The van der Waals surface area contributed by atoms with Crippen LogP contribution in [0.25, 0.3) is 10.6 Å². The number of nitrogens with zero attached hydrogens (tertiary/aromatic N) is 4. The van der Waals surface area contributed by atoms with E-state index in [2.05, 4.69) is 22.1 Å². The molecule has 4 rings (SSSR count). The Morgan fingerprint density at radius 3 is 2.71 bits per heavy atom. The van der Waals surface area contributed by atoms with Crippen LogP contribution in [0, 0.1) is 0 Å². The predicted octanol–water partition coefficient (Wildman–Crippen LogP) is 5.78. The van der Waals surface area contributed by atoms with E-state index in [-0.39, 0.29) is 5.91 Å². The van der Waals surface area contributed by atoms with Crippen molar-refractivity contribution in [2.75, 3.05) is 11.4 Å². The fourth-order valence-electron chi connectivity index (χ4n) is 3.04. The Hall–Kier alpha value is -2.28. The Bertz CT molecular complexity index is 1080. The van der Waals surface area contributed by atoms with E-state index in [1.165, 1.54) is 11.3 Å². The van der Waals surface area contributed by atoms with E-state index in [1.807, 2.05) is 24.3 Å². The first-order chi connectivity index (χ1) is 13.6. The summed E-state index contributed by atoms with van der Waals surface area (Å²) in [5, 5.41) is 10.4. The van der Waals surface area contributed by atoms with Crippen LogP contribution in [-0.4, -0.2) is 28.4 Å². The van der Waals surface area contributed by atoms with E-state index in [0.29, 0.717) is 32.4 Å². The largest absolute Gasteiger partial charge is 0.306 e. The summed E-state index contributed by atoms with van der Waals surface area (Å²) >= 11 is 13.5. The van der Waals surface area contributed by atoms with Gasteiger partial charge in [-0.15, -0.1) is 10.2 Å². The highest BCUT2D eigenvalue weighted by molar-refractivity contribution is 7.18. The summed E-state index contributed by atoms with van der Waals surface area (Å²) in [7, 11) is 0. The van der Waals surface area contributed by atoms with Gasteiger partial charge in [0.1, 0.15) is 5.71 Å². The normalized spacial score (nSPS) is 14.8. The SMILES string of the molecule is CCCCN1C(=O)/C(=N/c2nnc(-c3ccc(Cl)cc3Cl)s2)c2ccccc21. The molecule has 3 aromatic rings. The summed E-state index contributed by atoms with van der Waals surface area (Å²) in [6, 6.07) is 12.9. The van der Waals surface area contributed by atoms with Gasteiger partial charge in [-0.25, -0.2) is 4.99 Å². The zero-order valence-corrected chi connectivity index (χ0v) is 17.4. The quantitative estimate of drug-likeness (QED) is 0.515. The minimum Gasteiger partial charge on any atom is -0.306 e. The highest BCUT2D eigenvalue weighted by Gasteiger charge is 2.33. The minimum absolute atomic E-state index is 0.101. The third-order valence-electron chi connectivity index (χ3n) is 4.42. The van der Waals surface area contributed by atoms with Gasteiger partial charge in [-0.05, 0) is 30.7 Å². The topological polar surface area (TPSA) is 58.5 Å². The number of carbonyl (C=O) groups is 1. The molecule has 142 valence electrons. The second-order valence-corrected chi connectivity index (χ2v) is 8.10. The van der Waals surface area contributed by atoms with Gasteiger partial charge in [0.25, 0.3) is 5.91 Å². The van der Waals surface area contributed by atoms with Gasteiger partial charge in [0.15, 0.2) is 5.01 Å². The summed E-state index contributed by atoms with van der Waals surface area (Å²) in [4.78, 5) is 19.3. The van der Waals surface area contributed by atoms with Gasteiger partial charge in [-0.1, -0.05) is 66.1 Å². The monoisotopic (exact) mass is 430 g/mol. The van der Waals surface area contributed by atoms with E-state index in [0.717, 1.165) is 29.7 Å². The molecule has 0 radical (unpaired) electrons. The van der Waals surface area contributed by atoms with Crippen LogP contribution in [0.1, 0.15) is 25.3 Å². The number of anilines is 1. The summed E-state index contributed by atoms with van der Waals surface area (Å²) in [6.07, 6.45) is 1.95. The number of halogens is 2. The number of hydrogen-bond acceptors (Lipinski definition) is 5. The third kappa shape index (κ3) is 3.55. The van der Waals surface area contributed by atoms with Gasteiger partial charge in [-0.3, -0.25) is 4.79 Å². The van der Waals surface area contributed by atoms with Gasteiger partial charge in [-0.2, -0.15) is 0 Å². The molecular formula is C20H16Cl2N4OS. The molecule has 8 heteroatoms. The van der Waals surface area contributed by atoms with Crippen LogP contribution in [-0.2, 0) is 4.79 Å². The van der Waals surface area contributed by atoms with E-state index in [9.17, 15) is 4.79 Å². The fourth-order valence-corrected chi connectivity index (χ4v) is 4.35. The average Bonchev–Trinajstić information content (AvgIpc) is 3.24. The first-order valence-corrected chi connectivity index (χ1v) is 10.4. The van der Waals surface area contributed by atoms with Gasteiger partial charge >= 0.3 is 0 Å². The maximum absolute atomic E-state index is 13.0. The van der Waals surface area contributed by atoms with Crippen molar-refractivity contribution in [3.63, 3.8) is 0 Å². The van der Waals surface area contributed by atoms with Crippen LogP contribution in [0.15, 0.2) is 47.5 Å². The lowest BCUT2D eigenvalue weighted by molar-refractivity contribution is -0.112. The van der Waals surface area contributed by atoms with Gasteiger partial charge < -0.3 is 4.90 Å². The molecule has 0 bridgehead atoms. The minimum atomic E-state index is -0.101. The van der Waals surface area contributed by atoms with Crippen LogP contribution in [0.3, 0.4) is 0 Å². The predicted molar refractivity (Wildman–Crippen MR) is 115 cm³/mol. The average molecular weight is 431 g/mol. The molecule has 0 N–H and O–H groups in total. The summed E-state index contributed by atoms with van der Waals surface area (Å²) in [5.41, 5.74) is 2.85. The van der Waals surface area contributed by atoms with E-state index < -0.39 is 0 Å². The molecule has 1 aromatic heterocycles. The van der Waals surface area contributed by atoms with Crippen molar-refractivity contribution in [1.29, 1.82) is 0 Å². The van der Waals surface area contributed by atoms with Crippen LogP contribution >= 0.6 is 34.5 Å². The maximum Gasteiger partial charge on any atom is 0.277 e. The van der Waals surface area contributed by atoms with Crippen molar-refractivity contribution in [1.82, 2.24) is 10.2 Å². The van der Waals surface area contributed by atoms with Crippen molar-refractivity contribution >= 4 is 57.0 Å². The molecule has 5 nitrogen and oxygen atoms in total. The molecule has 0 spiro atoms. The zero-order chi connectivity index (χ0) is 19.7. The van der Waals surface area contributed by atoms with Crippen LogP contribution < -0.4 is 4.90 Å². The summed E-state index contributed by atoms with van der Waals surface area (Å²) < 4.78 is 0. The molecule has 0 saturated carbocycles. The number of carbonyl (C=O) groups excluding carboxylic acids is 1. The number of benzene rings is 2. The number of para-hydroxylation sites is 1. The molecule has 1 aliphatic rings. The summed E-state index contributed by atoms with van der Waals surface area (Å²) in [6.45, 7) is 2.78. The zero-order valence-electron chi connectivity index (χ0n) is 15.0. The van der Waals surface area contributed by atoms with Crippen molar-refractivity contribution in [2.24, 2.45) is 4.99 Å². The molecule has 0 aliphatic carbocycles. The van der Waals surface area contributed by atoms with Crippen molar-refractivity contribution in [3.05, 3.63) is 58.1 Å². The molecule has 0 unspecified atom stereocenters. The Morgan fingerprint density at radius 2 is 1.93 bits per heavy atom. The highest BCUT2D eigenvalue weighted by Crippen LogP contribution is 2.36. The van der Waals surface area contributed by atoms with E-state index in [1.54, 1.807) is 23.1 Å². The van der Waals surface area contributed by atoms with Crippen molar-refractivity contribution < 1.29 is 4.79 Å². The smallest absolute Gasteiger partial charge is 0.277 e. The number of aliphatic imine (C=N–C) groups is 1. The molecule has 0 fully saturated rings. The molecule has 2 heterocycles. The lowest BCUT2D eigenvalue weighted by Crippen LogP contribution is -2.30. The first-order valence-electron chi connectivity index (χ1n) is 8.87. The second-order valence-electron chi connectivity index (χ2n) is 6.30.